The number of nitrogens with one attached hydrogen (secondary N) is 5. The summed E-state index contributed by atoms with van der Waals surface area (Å²) < 4.78 is 0. The molecule has 25 heavy (non-hydrogen) atoms. The second-order valence-electron chi connectivity index (χ2n) is 6.15. The first-order valence-corrected chi connectivity index (χ1v) is 8.04. The van der Waals surface area contributed by atoms with Gasteiger partial charge < -0.3 is 26.6 Å². The molecule has 1 saturated heterocycles. The molecule has 0 aromatic rings. The average molecular weight is 355 g/mol. The molecule has 0 radical (unpaired) electrons. The van der Waals surface area contributed by atoms with E-state index < -0.39 is 59.7 Å². The summed E-state index contributed by atoms with van der Waals surface area (Å²) in [5, 5.41) is 12.3. The summed E-state index contributed by atoms with van der Waals surface area (Å²) in [6.45, 7) is 7.30. The Labute approximate surface area is 145 Å². The molecule has 5 N–H and O–H groups in total. The highest BCUT2D eigenvalue weighted by Crippen LogP contribution is 1.95. The Hall–Kier alpha value is -2.65. The lowest BCUT2D eigenvalue weighted by Gasteiger charge is -2.20. The summed E-state index contributed by atoms with van der Waals surface area (Å²) in [5.74, 6) is -2.80. The maximum atomic E-state index is 12.0. The fourth-order valence-corrected chi connectivity index (χ4v) is 2.02. The molecule has 1 aliphatic heterocycles. The highest BCUT2D eigenvalue weighted by atomic mass is 16.2. The van der Waals surface area contributed by atoms with Gasteiger partial charge >= 0.3 is 0 Å². The van der Waals surface area contributed by atoms with E-state index in [-0.39, 0.29) is 0 Å². The highest BCUT2D eigenvalue weighted by molar-refractivity contribution is 5.97. The molecule has 0 aromatic heterocycles. The molecule has 0 aromatic carbocycles. The molecule has 1 rings (SSSR count). The van der Waals surface area contributed by atoms with E-state index in [2.05, 4.69) is 26.6 Å². The molecule has 10 nitrogen and oxygen atoms in total. The fraction of sp³-hybridized carbons (Fsp3) is 0.667. The van der Waals surface area contributed by atoms with Crippen molar-refractivity contribution in [3.8, 4) is 0 Å². The van der Waals surface area contributed by atoms with Crippen LogP contribution >= 0.6 is 0 Å². The van der Waals surface area contributed by atoms with Crippen molar-refractivity contribution < 1.29 is 24.0 Å². The molecule has 0 saturated carbocycles. The molecule has 1 heterocycles. The third kappa shape index (κ3) is 5.73. The maximum absolute atomic E-state index is 12.0. The zero-order valence-electron chi connectivity index (χ0n) is 14.9. The smallest absolute Gasteiger partial charge is 0.242 e. The first-order chi connectivity index (χ1) is 11.5. The lowest BCUT2D eigenvalue weighted by molar-refractivity contribution is -0.133. The number of amides is 5. The second kappa shape index (κ2) is 8.45. The predicted molar refractivity (Wildman–Crippen MR) is 88.0 cm³/mol. The Kier molecular flexibility index (Phi) is 6.89. The molecular formula is C15H25N5O5. The number of rotatable bonds is 0. The van der Waals surface area contributed by atoms with Crippen LogP contribution in [-0.2, 0) is 24.0 Å². The van der Waals surface area contributed by atoms with Crippen LogP contribution in [0.25, 0.3) is 0 Å². The van der Waals surface area contributed by atoms with Crippen LogP contribution in [0.1, 0.15) is 34.6 Å². The van der Waals surface area contributed by atoms with Crippen LogP contribution in [-0.4, -0.2) is 59.7 Å². The van der Waals surface area contributed by atoms with Crippen LogP contribution in [0.5, 0.6) is 0 Å². The van der Waals surface area contributed by atoms with Gasteiger partial charge in [-0.05, 0) is 34.6 Å². The third-order valence-electron chi connectivity index (χ3n) is 3.76. The van der Waals surface area contributed by atoms with Crippen molar-refractivity contribution >= 4 is 29.5 Å². The molecule has 5 atom stereocenters. The maximum Gasteiger partial charge on any atom is 0.242 e. The van der Waals surface area contributed by atoms with Crippen molar-refractivity contribution in [1.82, 2.24) is 26.6 Å². The first kappa shape index (κ1) is 20.4. The van der Waals surface area contributed by atoms with Gasteiger partial charge in [0, 0.05) is 0 Å². The van der Waals surface area contributed by atoms with Crippen LogP contribution in [0.3, 0.4) is 0 Å². The Morgan fingerprint density at radius 2 is 0.520 bits per heavy atom. The summed E-state index contributed by atoms with van der Waals surface area (Å²) in [5.41, 5.74) is 0. The highest BCUT2D eigenvalue weighted by Gasteiger charge is 2.28. The quantitative estimate of drug-likeness (QED) is 0.327. The normalized spacial score (nSPS) is 33.0. The van der Waals surface area contributed by atoms with Gasteiger partial charge in [-0.1, -0.05) is 0 Å². The molecule has 0 unspecified atom stereocenters. The van der Waals surface area contributed by atoms with Crippen LogP contribution in [0, 0.1) is 0 Å². The van der Waals surface area contributed by atoms with E-state index in [1.807, 2.05) is 0 Å². The average Bonchev–Trinajstić information content (AvgIpc) is 2.53. The fourth-order valence-electron chi connectivity index (χ4n) is 2.02. The van der Waals surface area contributed by atoms with E-state index in [4.69, 9.17) is 0 Å². The first-order valence-electron chi connectivity index (χ1n) is 8.04. The SMILES string of the molecule is C[C@@H]1NC(=O)[C@H](C)NC(=O)[C@H](C)NC(=O)[C@@H](C)NC(=O)[C@H](C)NC1=O. The lowest BCUT2D eigenvalue weighted by Crippen LogP contribution is -2.55. The van der Waals surface area contributed by atoms with Crippen molar-refractivity contribution in [2.24, 2.45) is 0 Å². The predicted octanol–water partition coefficient (Wildman–Crippen LogP) is -2.48. The van der Waals surface area contributed by atoms with Gasteiger partial charge in [-0.2, -0.15) is 0 Å². The van der Waals surface area contributed by atoms with Crippen LogP contribution in [0.4, 0.5) is 0 Å². The van der Waals surface area contributed by atoms with Crippen molar-refractivity contribution in [2.75, 3.05) is 0 Å². The molecule has 1 aliphatic rings. The Morgan fingerprint density at radius 3 is 0.640 bits per heavy atom. The molecule has 0 spiro atoms. The molecular weight excluding hydrogens is 330 g/mol. The lowest BCUT2D eigenvalue weighted by atomic mass is 10.2. The molecule has 10 heteroatoms. The van der Waals surface area contributed by atoms with Crippen LogP contribution in [0.15, 0.2) is 0 Å². The van der Waals surface area contributed by atoms with Gasteiger partial charge in [-0.25, -0.2) is 0 Å². The van der Waals surface area contributed by atoms with Gasteiger partial charge in [0.2, 0.25) is 29.5 Å². The minimum absolute atomic E-state index is 0.560. The Bertz CT molecular complexity index is 463. The standard InChI is InChI=1S/C15H25N5O5/c1-6-11(21)17-8(3)13(23)19-10(5)15(25)20-9(4)14(24)18-7(2)12(22)16-6/h6-10H,1-5H3,(H,16,22)(H,17,21)(H,18,24)(H,19,23)(H,20,25)/t6-,7-,8-,9-,10+/m0/s1. The van der Waals surface area contributed by atoms with Gasteiger partial charge in [0.1, 0.15) is 30.2 Å². The Morgan fingerprint density at radius 1 is 0.400 bits per heavy atom. The van der Waals surface area contributed by atoms with E-state index in [0.717, 1.165) is 0 Å². The van der Waals surface area contributed by atoms with Gasteiger partial charge in [0.05, 0.1) is 0 Å². The van der Waals surface area contributed by atoms with E-state index in [0.29, 0.717) is 0 Å². The summed E-state index contributed by atoms with van der Waals surface area (Å²) in [4.78, 5) is 60.2. The summed E-state index contributed by atoms with van der Waals surface area (Å²) in [7, 11) is 0. The molecule has 1 fully saturated rings. The zero-order chi connectivity index (χ0) is 19.3. The molecule has 0 bridgehead atoms. The summed E-state index contributed by atoms with van der Waals surface area (Å²) in [6.07, 6.45) is 0. The molecule has 140 valence electrons. The number of hydrogen-bond donors (Lipinski definition) is 5. The number of hydrogen-bond acceptors (Lipinski definition) is 5. The minimum Gasteiger partial charge on any atom is -0.343 e. The van der Waals surface area contributed by atoms with E-state index in [1.54, 1.807) is 0 Å². The van der Waals surface area contributed by atoms with E-state index in [9.17, 15) is 24.0 Å². The van der Waals surface area contributed by atoms with Crippen molar-refractivity contribution in [3.63, 3.8) is 0 Å². The summed E-state index contributed by atoms with van der Waals surface area (Å²) >= 11 is 0. The molecule has 0 aliphatic carbocycles. The van der Waals surface area contributed by atoms with Crippen molar-refractivity contribution in [1.29, 1.82) is 0 Å². The van der Waals surface area contributed by atoms with Crippen molar-refractivity contribution in [3.05, 3.63) is 0 Å². The van der Waals surface area contributed by atoms with Gasteiger partial charge in [-0.15, -0.1) is 0 Å². The molecule has 5 amide bonds. The van der Waals surface area contributed by atoms with Gasteiger partial charge in [0.15, 0.2) is 0 Å². The van der Waals surface area contributed by atoms with Gasteiger partial charge in [-0.3, -0.25) is 24.0 Å². The van der Waals surface area contributed by atoms with Crippen LogP contribution in [0.2, 0.25) is 0 Å². The second-order valence-corrected chi connectivity index (χ2v) is 6.15. The largest absolute Gasteiger partial charge is 0.343 e. The van der Waals surface area contributed by atoms with E-state index in [1.165, 1.54) is 34.6 Å². The van der Waals surface area contributed by atoms with Gasteiger partial charge in [0.25, 0.3) is 0 Å². The Balaban J connectivity index is 3.01. The minimum atomic E-state index is -0.901. The third-order valence-corrected chi connectivity index (χ3v) is 3.76. The number of carbonyl (C=O) groups excluding carboxylic acids is 5. The van der Waals surface area contributed by atoms with Crippen molar-refractivity contribution in [2.45, 2.75) is 64.8 Å². The summed E-state index contributed by atoms with van der Waals surface area (Å²) in [6, 6.07) is -4.51. The topological polar surface area (TPSA) is 146 Å². The zero-order valence-corrected chi connectivity index (χ0v) is 14.9. The number of carbonyl (C=O) groups is 5. The van der Waals surface area contributed by atoms with Crippen LogP contribution < -0.4 is 26.6 Å². The monoisotopic (exact) mass is 355 g/mol. The van der Waals surface area contributed by atoms with E-state index >= 15 is 0 Å².